The van der Waals surface area contributed by atoms with Crippen molar-refractivity contribution in [2.24, 2.45) is 0 Å². The molecule has 4 aromatic carbocycles. The van der Waals surface area contributed by atoms with Crippen LogP contribution in [0.25, 0.3) is 55.7 Å². The zero-order chi connectivity index (χ0) is 21.3. The van der Waals surface area contributed by atoms with Crippen molar-refractivity contribution in [3.05, 3.63) is 115 Å². The maximum atomic E-state index is 4.98. The van der Waals surface area contributed by atoms with Gasteiger partial charge >= 0.3 is 0 Å². The molecule has 0 aliphatic rings. The minimum absolute atomic E-state index is 0.702. The Hall–Kier alpha value is -4.37. The van der Waals surface area contributed by atoms with Crippen LogP contribution in [-0.4, -0.2) is 15.0 Å². The highest BCUT2D eigenvalue weighted by atomic mass is 14.9. The van der Waals surface area contributed by atoms with E-state index in [4.69, 9.17) is 15.0 Å². The predicted octanol–water partition coefficient (Wildman–Crippen LogP) is 7.18. The Bertz CT molecular complexity index is 1560. The molecule has 0 N–H and O–H groups in total. The molecule has 32 heavy (non-hydrogen) atoms. The highest BCUT2D eigenvalue weighted by Crippen LogP contribution is 2.30. The van der Waals surface area contributed by atoms with Gasteiger partial charge in [0.2, 0.25) is 0 Å². The number of pyridine rings is 1. The third kappa shape index (κ3) is 3.30. The first-order valence-corrected chi connectivity index (χ1v) is 10.6. The van der Waals surface area contributed by atoms with Crippen LogP contribution in [-0.2, 0) is 0 Å². The summed E-state index contributed by atoms with van der Waals surface area (Å²) in [6, 6.07) is 39.2. The number of fused-ring (bicyclic) bond motifs is 2. The molecule has 0 saturated carbocycles. The SMILES string of the molecule is c1ccc(-c2ccc(-c3nc(-c4ccc5ccccc5n4)c4ccccc4n3)cc2)cc1. The van der Waals surface area contributed by atoms with Crippen molar-refractivity contribution < 1.29 is 0 Å². The van der Waals surface area contributed by atoms with Crippen molar-refractivity contribution >= 4 is 21.8 Å². The topological polar surface area (TPSA) is 38.7 Å². The molecule has 0 unspecified atom stereocenters. The first kappa shape index (κ1) is 18.4. The fourth-order valence-corrected chi connectivity index (χ4v) is 4.04. The maximum absolute atomic E-state index is 4.98. The molecular weight excluding hydrogens is 390 g/mol. The van der Waals surface area contributed by atoms with Crippen molar-refractivity contribution in [1.29, 1.82) is 0 Å². The van der Waals surface area contributed by atoms with Gasteiger partial charge in [0, 0.05) is 16.3 Å². The monoisotopic (exact) mass is 409 g/mol. The number of aromatic nitrogens is 3. The molecule has 0 spiro atoms. The summed E-state index contributed by atoms with van der Waals surface area (Å²) in [4.78, 5) is 14.7. The largest absolute Gasteiger partial charge is 0.246 e. The van der Waals surface area contributed by atoms with E-state index in [9.17, 15) is 0 Å². The first-order valence-electron chi connectivity index (χ1n) is 10.6. The third-order valence-corrected chi connectivity index (χ3v) is 5.69. The lowest BCUT2D eigenvalue weighted by Gasteiger charge is -2.10. The van der Waals surface area contributed by atoms with Gasteiger partial charge in [0.05, 0.1) is 16.7 Å². The van der Waals surface area contributed by atoms with Crippen molar-refractivity contribution in [3.63, 3.8) is 0 Å². The summed E-state index contributed by atoms with van der Waals surface area (Å²) >= 11 is 0. The Morgan fingerprint density at radius 2 is 1.06 bits per heavy atom. The third-order valence-electron chi connectivity index (χ3n) is 5.69. The molecule has 2 heterocycles. The van der Waals surface area contributed by atoms with E-state index in [0.717, 1.165) is 38.8 Å². The number of rotatable bonds is 3. The average molecular weight is 409 g/mol. The lowest BCUT2D eigenvalue weighted by Crippen LogP contribution is -1.96. The Morgan fingerprint density at radius 1 is 0.406 bits per heavy atom. The molecule has 0 saturated heterocycles. The van der Waals surface area contributed by atoms with Crippen molar-refractivity contribution in [3.8, 4) is 33.9 Å². The van der Waals surface area contributed by atoms with Crippen LogP contribution >= 0.6 is 0 Å². The number of para-hydroxylation sites is 2. The van der Waals surface area contributed by atoms with Crippen LogP contribution in [0, 0.1) is 0 Å². The summed E-state index contributed by atoms with van der Waals surface area (Å²) in [7, 11) is 0. The fourth-order valence-electron chi connectivity index (χ4n) is 4.04. The summed E-state index contributed by atoms with van der Waals surface area (Å²) in [6.45, 7) is 0. The molecule has 6 rings (SSSR count). The first-order chi connectivity index (χ1) is 15.8. The lowest BCUT2D eigenvalue weighted by molar-refractivity contribution is 1.21. The average Bonchev–Trinajstić information content (AvgIpc) is 2.88. The Morgan fingerprint density at radius 3 is 1.91 bits per heavy atom. The minimum Gasteiger partial charge on any atom is -0.246 e. The van der Waals surface area contributed by atoms with Gasteiger partial charge in [-0.2, -0.15) is 0 Å². The zero-order valence-corrected chi connectivity index (χ0v) is 17.3. The maximum Gasteiger partial charge on any atom is 0.160 e. The molecule has 0 bridgehead atoms. The Labute approximate surface area is 186 Å². The highest BCUT2D eigenvalue weighted by Gasteiger charge is 2.13. The molecule has 6 aromatic rings. The molecule has 2 aromatic heterocycles. The van der Waals surface area contributed by atoms with E-state index >= 15 is 0 Å². The van der Waals surface area contributed by atoms with E-state index in [1.807, 2.05) is 48.5 Å². The number of benzene rings is 4. The molecule has 0 radical (unpaired) electrons. The van der Waals surface area contributed by atoms with Crippen LogP contribution in [0.2, 0.25) is 0 Å². The summed E-state index contributed by atoms with van der Waals surface area (Å²) in [5.74, 6) is 0.702. The second kappa shape index (κ2) is 7.71. The second-order valence-electron chi connectivity index (χ2n) is 7.75. The molecular formula is C29H19N3. The normalized spacial score (nSPS) is 11.1. The smallest absolute Gasteiger partial charge is 0.160 e. The van der Waals surface area contributed by atoms with Crippen LogP contribution in [0.1, 0.15) is 0 Å². The van der Waals surface area contributed by atoms with E-state index in [2.05, 4.69) is 66.7 Å². The van der Waals surface area contributed by atoms with Gasteiger partial charge in [-0.25, -0.2) is 15.0 Å². The summed E-state index contributed by atoms with van der Waals surface area (Å²) in [5, 5.41) is 2.12. The summed E-state index contributed by atoms with van der Waals surface area (Å²) in [5.41, 5.74) is 6.92. The number of hydrogen-bond donors (Lipinski definition) is 0. The molecule has 0 fully saturated rings. The molecule has 0 aliphatic heterocycles. The predicted molar refractivity (Wildman–Crippen MR) is 131 cm³/mol. The lowest BCUT2D eigenvalue weighted by atomic mass is 10.0. The molecule has 3 heteroatoms. The van der Waals surface area contributed by atoms with Gasteiger partial charge in [-0.1, -0.05) is 97.1 Å². The molecule has 0 atom stereocenters. The van der Waals surface area contributed by atoms with Crippen molar-refractivity contribution in [2.45, 2.75) is 0 Å². The number of hydrogen-bond acceptors (Lipinski definition) is 3. The molecule has 150 valence electrons. The van der Waals surface area contributed by atoms with Gasteiger partial charge in [0.1, 0.15) is 5.69 Å². The number of nitrogens with zero attached hydrogens (tertiary/aromatic N) is 3. The Kier molecular flexibility index (Phi) is 4.43. The van der Waals surface area contributed by atoms with Gasteiger partial charge in [0.15, 0.2) is 5.82 Å². The van der Waals surface area contributed by atoms with Gasteiger partial charge in [-0.3, -0.25) is 0 Å². The zero-order valence-electron chi connectivity index (χ0n) is 17.3. The van der Waals surface area contributed by atoms with Gasteiger partial charge in [0.25, 0.3) is 0 Å². The quantitative estimate of drug-likeness (QED) is 0.311. The Balaban J connectivity index is 1.50. The minimum atomic E-state index is 0.702. The van der Waals surface area contributed by atoms with Crippen LogP contribution in [0.3, 0.4) is 0 Å². The highest BCUT2D eigenvalue weighted by molar-refractivity contribution is 5.94. The van der Waals surface area contributed by atoms with Crippen LogP contribution in [0.4, 0.5) is 0 Å². The van der Waals surface area contributed by atoms with E-state index in [0.29, 0.717) is 5.82 Å². The van der Waals surface area contributed by atoms with Gasteiger partial charge < -0.3 is 0 Å². The van der Waals surface area contributed by atoms with E-state index in [-0.39, 0.29) is 0 Å². The van der Waals surface area contributed by atoms with Crippen molar-refractivity contribution in [2.75, 3.05) is 0 Å². The summed E-state index contributed by atoms with van der Waals surface area (Å²) in [6.07, 6.45) is 0. The van der Waals surface area contributed by atoms with Crippen LogP contribution < -0.4 is 0 Å². The standard InChI is InChI=1S/C29H19N3/c1-2-8-20(9-3-1)21-14-16-23(17-15-21)29-31-26-13-7-5-11-24(26)28(32-29)27-19-18-22-10-4-6-12-25(22)30-27/h1-19H. The van der Waals surface area contributed by atoms with Gasteiger partial charge in [-0.05, 0) is 29.3 Å². The van der Waals surface area contributed by atoms with Crippen LogP contribution in [0.5, 0.6) is 0 Å². The second-order valence-corrected chi connectivity index (χ2v) is 7.75. The molecule has 0 aliphatic carbocycles. The van der Waals surface area contributed by atoms with E-state index in [1.54, 1.807) is 0 Å². The fraction of sp³-hybridized carbons (Fsp3) is 0. The van der Waals surface area contributed by atoms with Gasteiger partial charge in [-0.15, -0.1) is 0 Å². The summed E-state index contributed by atoms with van der Waals surface area (Å²) < 4.78 is 0. The van der Waals surface area contributed by atoms with E-state index in [1.165, 1.54) is 11.1 Å². The molecule has 3 nitrogen and oxygen atoms in total. The molecule has 0 amide bonds. The van der Waals surface area contributed by atoms with Crippen molar-refractivity contribution in [1.82, 2.24) is 15.0 Å². The van der Waals surface area contributed by atoms with E-state index < -0.39 is 0 Å². The van der Waals surface area contributed by atoms with Crippen LogP contribution in [0.15, 0.2) is 115 Å².